The SMILES string of the molecule is O=C(COc1cccc2cccnc12)NNCc1ccccc1. The molecule has 3 rings (SSSR count). The van der Waals surface area contributed by atoms with Gasteiger partial charge < -0.3 is 4.74 Å². The van der Waals surface area contributed by atoms with Gasteiger partial charge >= 0.3 is 0 Å². The van der Waals surface area contributed by atoms with Crippen molar-refractivity contribution in [1.82, 2.24) is 15.8 Å². The average Bonchev–Trinajstić information content (AvgIpc) is 2.61. The van der Waals surface area contributed by atoms with E-state index in [1.807, 2.05) is 54.6 Å². The number of hydrazine groups is 1. The number of nitrogens with one attached hydrogen (secondary N) is 2. The fourth-order valence-corrected chi connectivity index (χ4v) is 2.21. The van der Waals surface area contributed by atoms with Crippen LogP contribution in [-0.2, 0) is 11.3 Å². The number of carbonyl (C=O) groups excluding carboxylic acids is 1. The Morgan fingerprint density at radius 2 is 1.83 bits per heavy atom. The lowest BCUT2D eigenvalue weighted by molar-refractivity contribution is -0.124. The molecule has 0 aliphatic carbocycles. The topological polar surface area (TPSA) is 63.2 Å². The van der Waals surface area contributed by atoms with E-state index >= 15 is 0 Å². The minimum atomic E-state index is -0.242. The maximum absolute atomic E-state index is 11.8. The van der Waals surface area contributed by atoms with Crippen molar-refractivity contribution in [3.05, 3.63) is 72.4 Å². The second-order valence-electron chi connectivity index (χ2n) is 5.01. The van der Waals surface area contributed by atoms with Gasteiger partial charge in [-0.2, -0.15) is 0 Å². The molecule has 0 atom stereocenters. The number of hydrogen-bond acceptors (Lipinski definition) is 4. The van der Waals surface area contributed by atoms with Crippen LogP contribution in [0.2, 0.25) is 0 Å². The molecular weight excluding hydrogens is 290 g/mol. The second kappa shape index (κ2) is 7.38. The van der Waals surface area contributed by atoms with E-state index in [-0.39, 0.29) is 12.5 Å². The van der Waals surface area contributed by atoms with E-state index in [0.29, 0.717) is 12.3 Å². The third-order valence-corrected chi connectivity index (χ3v) is 3.32. The van der Waals surface area contributed by atoms with Gasteiger partial charge in [0.05, 0.1) is 0 Å². The lowest BCUT2D eigenvalue weighted by Crippen LogP contribution is -2.39. The first-order valence-corrected chi connectivity index (χ1v) is 7.35. The Kier molecular flexibility index (Phi) is 4.81. The Balaban J connectivity index is 1.50. The number of hydrogen-bond donors (Lipinski definition) is 2. The van der Waals surface area contributed by atoms with E-state index in [0.717, 1.165) is 16.5 Å². The van der Waals surface area contributed by atoms with Gasteiger partial charge in [-0.25, -0.2) is 5.43 Å². The van der Waals surface area contributed by atoms with E-state index in [9.17, 15) is 4.79 Å². The molecule has 2 N–H and O–H groups in total. The quantitative estimate of drug-likeness (QED) is 0.687. The molecule has 1 amide bonds. The molecule has 0 bridgehead atoms. The van der Waals surface area contributed by atoms with Crippen molar-refractivity contribution in [2.24, 2.45) is 0 Å². The van der Waals surface area contributed by atoms with Gasteiger partial charge in [-0.05, 0) is 17.7 Å². The minimum absolute atomic E-state index is 0.0719. The summed E-state index contributed by atoms with van der Waals surface area (Å²) >= 11 is 0. The fourth-order valence-electron chi connectivity index (χ4n) is 2.21. The molecule has 2 aromatic carbocycles. The fraction of sp³-hybridized carbons (Fsp3) is 0.111. The molecule has 1 aromatic heterocycles. The average molecular weight is 307 g/mol. The minimum Gasteiger partial charge on any atom is -0.481 e. The molecule has 0 saturated carbocycles. The standard InChI is InChI=1S/C18H17N3O2/c22-17(21-20-12-14-6-2-1-3-7-14)13-23-16-10-4-8-15-9-5-11-19-18(15)16/h1-11,20H,12-13H2,(H,21,22). The van der Waals surface area contributed by atoms with Crippen molar-refractivity contribution in [3.63, 3.8) is 0 Å². The number of pyridine rings is 1. The number of aromatic nitrogens is 1. The van der Waals surface area contributed by atoms with Gasteiger partial charge in [0.2, 0.25) is 0 Å². The van der Waals surface area contributed by atoms with E-state index < -0.39 is 0 Å². The van der Waals surface area contributed by atoms with Gasteiger partial charge in [-0.1, -0.05) is 48.5 Å². The van der Waals surface area contributed by atoms with E-state index in [1.165, 1.54) is 0 Å². The molecule has 0 aliphatic rings. The molecule has 0 spiro atoms. The Morgan fingerprint density at radius 1 is 1.00 bits per heavy atom. The van der Waals surface area contributed by atoms with Crippen molar-refractivity contribution in [3.8, 4) is 5.75 Å². The number of benzene rings is 2. The summed E-state index contributed by atoms with van der Waals surface area (Å²) in [6.45, 7) is 0.486. The zero-order valence-corrected chi connectivity index (χ0v) is 12.5. The monoisotopic (exact) mass is 307 g/mol. The van der Waals surface area contributed by atoms with Gasteiger partial charge in [-0.3, -0.25) is 15.2 Å². The first-order valence-electron chi connectivity index (χ1n) is 7.35. The lowest BCUT2D eigenvalue weighted by atomic mass is 10.2. The van der Waals surface area contributed by atoms with Crippen LogP contribution in [0.1, 0.15) is 5.56 Å². The molecule has 0 aliphatic heterocycles. The summed E-state index contributed by atoms with van der Waals surface area (Å²) in [5.74, 6) is 0.357. The van der Waals surface area contributed by atoms with Crippen LogP contribution >= 0.6 is 0 Å². The highest BCUT2D eigenvalue weighted by molar-refractivity contribution is 5.85. The highest BCUT2D eigenvalue weighted by atomic mass is 16.5. The zero-order chi connectivity index (χ0) is 15.9. The molecule has 0 unspecified atom stereocenters. The van der Waals surface area contributed by atoms with Crippen molar-refractivity contribution >= 4 is 16.8 Å². The molecule has 0 fully saturated rings. The molecular formula is C18H17N3O2. The third kappa shape index (κ3) is 4.05. The van der Waals surface area contributed by atoms with E-state index in [2.05, 4.69) is 15.8 Å². The predicted molar refractivity (Wildman–Crippen MR) is 88.7 cm³/mol. The Morgan fingerprint density at radius 3 is 2.70 bits per heavy atom. The smallest absolute Gasteiger partial charge is 0.271 e. The number of amides is 1. The van der Waals surface area contributed by atoms with Crippen molar-refractivity contribution < 1.29 is 9.53 Å². The highest BCUT2D eigenvalue weighted by Gasteiger charge is 2.06. The van der Waals surface area contributed by atoms with Gasteiger partial charge in [0.25, 0.3) is 5.91 Å². The molecule has 0 saturated heterocycles. The second-order valence-corrected chi connectivity index (χ2v) is 5.01. The molecule has 1 heterocycles. The van der Waals surface area contributed by atoms with E-state index in [4.69, 9.17) is 4.74 Å². The molecule has 0 radical (unpaired) electrons. The highest BCUT2D eigenvalue weighted by Crippen LogP contribution is 2.22. The van der Waals surface area contributed by atoms with Gasteiger partial charge in [0.1, 0.15) is 11.3 Å². The van der Waals surface area contributed by atoms with Crippen LogP contribution in [0, 0.1) is 0 Å². The first kappa shape index (κ1) is 15.0. The van der Waals surface area contributed by atoms with Crippen LogP contribution in [0.3, 0.4) is 0 Å². The van der Waals surface area contributed by atoms with Crippen LogP contribution < -0.4 is 15.6 Å². The Labute approximate surface area is 134 Å². The number of ether oxygens (including phenoxy) is 1. The molecule has 23 heavy (non-hydrogen) atoms. The first-order chi connectivity index (χ1) is 11.3. The lowest BCUT2D eigenvalue weighted by Gasteiger charge is -2.10. The summed E-state index contributed by atoms with van der Waals surface area (Å²) in [6, 6.07) is 19.3. The van der Waals surface area contributed by atoms with Crippen molar-refractivity contribution in [1.29, 1.82) is 0 Å². The van der Waals surface area contributed by atoms with Gasteiger partial charge in [-0.15, -0.1) is 0 Å². The maximum Gasteiger partial charge on any atom is 0.271 e. The maximum atomic E-state index is 11.8. The summed E-state index contributed by atoms with van der Waals surface area (Å²) < 4.78 is 5.57. The van der Waals surface area contributed by atoms with E-state index in [1.54, 1.807) is 12.3 Å². The van der Waals surface area contributed by atoms with Crippen LogP contribution in [0.15, 0.2) is 66.9 Å². The number of para-hydroxylation sites is 1. The van der Waals surface area contributed by atoms with Gasteiger partial charge in [0.15, 0.2) is 6.61 Å². The zero-order valence-electron chi connectivity index (χ0n) is 12.5. The molecule has 3 aromatic rings. The summed E-state index contributed by atoms with van der Waals surface area (Å²) in [5.41, 5.74) is 7.33. The summed E-state index contributed by atoms with van der Waals surface area (Å²) in [6.07, 6.45) is 1.71. The largest absolute Gasteiger partial charge is 0.481 e. The normalized spacial score (nSPS) is 10.4. The summed E-state index contributed by atoms with van der Waals surface area (Å²) in [5, 5.41) is 0.979. The summed E-state index contributed by atoms with van der Waals surface area (Å²) in [7, 11) is 0. The van der Waals surface area contributed by atoms with Crippen LogP contribution in [0.25, 0.3) is 10.9 Å². The molecule has 5 heteroatoms. The van der Waals surface area contributed by atoms with Crippen LogP contribution in [-0.4, -0.2) is 17.5 Å². The number of nitrogens with zero attached hydrogens (tertiary/aromatic N) is 1. The van der Waals surface area contributed by atoms with Crippen LogP contribution in [0.4, 0.5) is 0 Å². The van der Waals surface area contributed by atoms with Crippen molar-refractivity contribution in [2.75, 3.05) is 6.61 Å². The number of rotatable bonds is 6. The van der Waals surface area contributed by atoms with Gasteiger partial charge in [0, 0.05) is 18.1 Å². The number of fused-ring (bicyclic) bond motifs is 1. The number of carbonyl (C=O) groups is 1. The van der Waals surface area contributed by atoms with Crippen molar-refractivity contribution in [2.45, 2.75) is 6.54 Å². The summed E-state index contributed by atoms with van der Waals surface area (Å²) in [4.78, 5) is 16.1. The Hall–Kier alpha value is -2.92. The van der Waals surface area contributed by atoms with Crippen LogP contribution in [0.5, 0.6) is 5.75 Å². The molecule has 116 valence electrons. The predicted octanol–water partition coefficient (Wildman–Crippen LogP) is 2.43. The third-order valence-electron chi connectivity index (χ3n) is 3.32. The molecule has 5 nitrogen and oxygen atoms in total. The Bertz CT molecular complexity index is 785.